The van der Waals surface area contributed by atoms with Gasteiger partial charge in [0.05, 0.1) is 18.9 Å². The Labute approximate surface area is 136 Å². The number of nitrogens with two attached hydrogens (primary N) is 1. The molecule has 0 aliphatic carbocycles. The average molecular weight is 327 g/mol. The van der Waals surface area contributed by atoms with Crippen molar-refractivity contribution in [3.8, 4) is 0 Å². The van der Waals surface area contributed by atoms with E-state index in [0.717, 1.165) is 24.8 Å². The zero-order chi connectivity index (χ0) is 16.5. The number of aryl methyl sites for hydroxylation is 1. The molecule has 0 saturated carbocycles. The fourth-order valence-electron chi connectivity index (χ4n) is 2.06. The predicted octanol–water partition coefficient (Wildman–Crippen LogP) is 0.849. The number of aliphatic carboxylic acids is 1. The number of hydrogen-bond donors (Lipinski definition) is 2. The summed E-state index contributed by atoms with van der Waals surface area (Å²) in [5, 5.41) is 16.0. The number of nitrogens with one attached hydrogen (secondary N) is 1. The third kappa shape index (κ3) is 6.45. The lowest BCUT2D eigenvalue weighted by Gasteiger charge is -2.16. The number of halogens is 1. The molecule has 5 nitrogen and oxygen atoms in total. The van der Waals surface area contributed by atoms with E-state index in [9.17, 15) is 14.7 Å². The number of carbonyl (C=O) groups is 2. The molecule has 1 aromatic rings. The summed E-state index contributed by atoms with van der Waals surface area (Å²) in [7, 11) is 0. The van der Waals surface area contributed by atoms with Crippen molar-refractivity contribution in [2.45, 2.75) is 45.6 Å². The van der Waals surface area contributed by atoms with Crippen molar-refractivity contribution in [2.75, 3.05) is 11.9 Å². The van der Waals surface area contributed by atoms with Gasteiger partial charge in [0.2, 0.25) is 5.91 Å². The summed E-state index contributed by atoms with van der Waals surface area (Å²) in [6, 6.07) is 4.31. The smallest absolute Gasteiger partial charge is 0.230 e. The summed E-state index contributed by atoms with van der Waals surface area (Å²) in [4.78, 5) is 23.1. The number of carbonyl (C=O) groups excluding carboxylic acids is 2. The third-order valence-corrected chi connectivity index (χ3v) is 3.83. The molecule has 1 aromatic carbocycles. The molecule has 0 fully saturated rings. The van der Waals surface area contributed by atoms with Crippen LogP contribution in [-0.2, 0) is 9.59 Å². The fourth-order valence-corrected chi connectivity index (χ4v) is 2.24. The Hall–Kier alpha value is -1.59. The molecule has 1 rings (SSSR count). The molecule has 0 spiro atoms. The molecule has 0 aromatic heterocycles. The van der Waals surface area contributed by atoms with Crippen molar-refractivity contribution in [2.24, 2.45) is 0 Å². The Morgan fingerprint density at radius 1 is 1.36 bits per heavy atom. The Morgan fingerprint density at radius 3 is 2.68 bits per heavy atom. The number of rotatable bonds is 9. The number of benzene rings is 1. The van der Waals surface area contributed by atoms with Gasteiger partial charge in [-0.25, -0.2) is 0 Å². The van der Waals surface area contributed by atoms with Crippen molar-refractivity contribution < 1.29 is 20.0 Å². The van der Waals surface area contributed by atoms with Crippen molar-refractivity contribution in [3.05, 3.63) is 28.8 Å². The maximum absolute atomic E-state index is 11.9. The summed E-state index contributed by atoms with van der Waals surface area (Å²) in [6.07, 6.45) is 2.91. The minimum atomic E-state index is -1.21. The quantitative estimate of drug-likeness (QED) is 0.660. The first-order chi connectivity index (χ1) is 10.4. The highest BCUT2D eigenvalue weighted by molar-refractivity contribution is 6.31. The van der Waals surface area contributed by atoms with Gasteiger partial charge in [0, 0.05) is 10.7 Å². The third-order valence-electron chi connectivity index (χ3n) is 3.42. The van der Waals surface area contributed by atoms with Crippen LogP contribution < -0.4 is 15.7 Å². The number of unbranched alkanes of at least 4 members (excludes halogenated alkanes) is 2. The Morgan fingerprint density at radius 2 is 2.09 bits per heavy atom. The van der Waals surface area contributed by atoms with E-state index in [-0.39, 0.29) is 12.3 Å². The number of hydrogen-bond acceptors (Lipinski definition) is 3. The topological polar surface area (TPSA) is 85.8 Å². The normalized spacial score (nSPS) is 12.0. The largest absolute Gasteiger partial charge is 0.544 e. The number of amides is 1. The Bertz CT molecular complexity index is 520. The highest BCUT2D eigenvalue weighted by atomic mass is 35.5. The lowest BCUT2D eigenvalue weighted by molar-refractivity contribution is -0.682. The van der Waals surface area contributed by atoms with Gasteiger partial charge in [-0.15, -0.1) is 0 Å². The molecular formula is C16H23ClN2O3. The van der Waals surface area contributed by atoms with Crippen molar-refractivity contribution in [3.63, 3.8) is 0 Å². The van der Waals surface area contributed by atoms with Gasteiger partial charge in [-0.3, -0.25) is 4.79 Å². The van der Waals surface area contributed by atoms with Gasteiger partial charge in [-0.05, 0) is 37.5 Å². The molecule has 0 bridgehead atoms. The van der Waals surface area contributed by atoms with Crippen LogP contribution in [0.25, 0.3) is 0 Å². The molecule has 122 valence electrons. The van der Waals surface area contributed by atoms with E-state index < -0.39 is 12.0 Å². The van der Waals surface area contributed by atoms with Crippen LogP contribution in [0.3, 0.4) is 0 Å². The van der Waals surface area contributed by atoms with E-state index in [0.29, 0.717) is 17.3 Å². The van der Waals surface area contributed by atoms with Crippen LogP contribution >= 0.6 is 11.6 Å². The molecule has 1 atom stereocenters. The van der Waals surface area contributed by atoms with Gasteiger partial charge in [0.15, 0.2) is 0 Å². The standard InChI is InChI=1S/C16H23ClN2O3/c1-3-4-5-8-18-14(16(21)22)10-15(20)19-12-7-6-11(2)13(17)9-12/h6-7,9,14,18H,3-5,8,10H2,1-2H3,(H,19,20)(H,21,22)/t14-/m0/s1. The average Bonchev–Trinajstić information content (AvgIpc) is 2.46. The molecule has 0 heterocycles. The Kier molecular flexibility index (Phi) is 7.91. The van der Waals surface area contributed by atoms with Crippen LogP contribution in [0.1, 0.15) is 38.2 Å². The molecule has 0 aliphatic rings. The van der Waals surface area contributed by atoms with Crippen LogP contribution in [0.2, 0.25) is 5.02 Å². The van der Waals surface area contributed by atoms with E-state index in [2.05, 4.69) is 12.2 Å². The van der Waals surface area contributed by atoms with Gasteiger partial charge in [0.25, 0.3) is 0 Å². The summed E-state index contributed by atoms with van der Waals surface area (Å²) < 4.78 is 0. The second kappa shape index (κ2) is 9.43. The molecule has 22 heavy (non-hydrogen) atoms. The minimum Gasteiger partial charge on any atom is -0.544 e. The van der Waals surface area contributed by atoms with Gasteiger partial charge in [-0.2, -0.15) is 0 Å². The molecular weight excluding hydrogens is 304 g/mol. The van der Waals surface area contributed by atoms with Gasteiger partial charge in [-0.1, -0.05) is 31.0 Å². The number of carboxylic acids is 1. The molecule has 1 amide bonds. The number of carboxylic acid groups (broad SMARTS) is 1. The monoisotopic (exact) mass is 326 g/mol. The fraction of sp³-hybridized carbons (Fsp3) is 0.500. The van der Waals surface area contributed by atoms with Crippen LogP contribution in [0.4, 0.5) is 5.69 Å². The van der Waals surface area contributed by atoms with Crippen molar-refractivity contribution >= 4 is 29.2 Å². The van der Waals surface area contributed by atoms with Crippen LogP contribution in [0.5, 0.6) is 0 Å². The SMILES string of the molecule is CCCCC[NH2+][C@@H](CC(=O)Nc1ccc(C)c(Cl)c1)C(=O)[O-]. The van der Waals surface area contributed by atoms with Crippen LogP contribution in [0.15, 0.2) is 18.2 Å². The maximum Gasteiger partial charge on any atom is 0.230 e. The predicted molar refractivity (Wildman–Crippen MR) is 84.5 cm³/mol. The highest BCUT2D eigenvalue weighted by Crippen LogP contribution is 2.20. The first-order valence-electron chi connectivity index (χ1n) is 7.54. The van der Waals surface area contributed by atoms with Crippen molar-refractivity contribution in [1.29, 1.82) is 0 Å². The summed E-state index contributed by atoms with van der Waals surface area (Å²) in [5.41, 5.74) is 1.47. The number of quaternary nitrogens is 1. The van der Waals surface area contributed by atoms with Gasteiger partial charge >= 0.3 is 0 Å². The maximum atomic E-state index is 11.9. The van der Waals surface area contributed by atoms with E-state index in [1.165, 1.54) is 0 Å². The van der Waals surface area contributed by atoms with Gasteiger partial charge in [0.1, 0.15) is 6.04 Å². The van der Waals surface area contributed by atoms with E-state index in [4.69, 9.17) is 11.6 Å². The minimum absolute atomic E-state index is 0.125. The lowest BCUT2D eigenvalue weighted by atomic mass is 10.1. The molecule has 0 aliphatic heterocycles. The summed E-state index contributed by atoms with van der Waals surface area (Å²) >= 11 is 5.99. The van der Waals surface area contributed by atoms with Crippen molar-refractivity contribution in [1.82, 2.24) is 0 Å². The lowest BCUT2D eigenvalue weighted by Crippen LogP contribution is -2.93. The van der Waals surface area contributed by atoms with E-state index in [1.54, 1.807) is 23.5 Å². The summed E-state index contributed by atoms with van der Waals surface area (Å²) in [6.45, 7) is 4.62. The molecule has 0 saturated heterocycles. The Balaban J connectivity index is 2.52. The molecule has 0 radical (unpaired) electrons. The van der Waals surface area contributed by atoms with Gasteiger partial charge < -0.3 is 20.5 Å². The van der Waals surface area contributed by atoms with Crippen LogP contribution in [-0.4, -0.2) is 24.5 Å². The second-order valence-electron chi connectivity index (χ2n) is 5.37. The van der Waals surface area contributed by atoms with E-state index >= 15 is 0 Å². The molecule has 0 unspecified atom stereocenters. The molecule has 3 N–H and O–H groups in total. The molecule has 6 heteroatoms. The zero-order valence-corrected chi connectivity index (χ0v) is 13.8. The van der Waals surface area contributed by atoms with E-state index in [1.807, 2.05) is 6.92 Å². The number of anilines is 1. The van der Waals surface area contributed by atoms with Crippen LogP contribution in [0, 0.1) is 6.92 Å². The highest BCUT2D eigenvalue weighted by Gasteiger charge is 2.18. The first kappa shape index (κ1) is 18.5. The summed E-state index contributed by atoms with van der Waals surface area (Å²) in [5.74, 6) is -1.57. The second-order valence-corrected chi connectivity index (χ2v) is 5.78. The zero-order valence-electron chi connectivity index (χ0n) is 13.0. The first-order valence-corrected chi connectivity index (χ1v) is 7.92.